The largest absolute Gasteiger partial charge is 0.463 e. The highest BCUT2D eigenvalue weighted by atomic mass is 16.5. The first-order valence-electron chi connectivity index (χ1n) is 8.85. The summed E-state index contributed by atoms with van der Waals surface area (Å²) in [4.78, 5) is 48.1. The van der Waals surface area contributed by atoms with Gasteiger partial charge in [-0.2, -0.15) is 0 Å². The smallest absolute Gasteiger partial charge is 0.331 e. The topological polar surface area (TPSA) is 111 Å². The van der Waals surface area contributed by atoms with Crippen LogP contribution in [-0.2, 0) is 28.7 Å². The summed E-state index contributed by atoms with van der Waals surface area (Å²) in [5, 5.41) is 5.05. The van der Waals surface area contributed by atoms with E-state index < -0.39 is 35.8 Å². The molecule has 8 nitrogen and oxygen atoms in total. The highest BCUT2D eigenvalue weighted by Gasteiger charge is 2.46. The van der Waals surface area contributed by atoms with Gasteiger partial charge in [-0.25, -0.2) is 9.59 Å². The molecule has 3 heterocycles. The molecule has 26 heavy (non-hydrogen) atoms. The number of fused-ring (bicyclic) bond motifs is 3. The Labute approximate surface area is 152 Å². The van der Waals surface area contributed by atoms with Crippen molar-refractivity contribution in [1.29, 1.82) is 0 Å². The minimum absolute atomic E-state index is 0.257. The molecule has 3 rings (SSSR count). The van der Waals surface area contributed by atoms with E-state index in [2.05, 4.69) is 10.6 Å². The lowest BCUT2D eigenvalue weighted by Gasteiger charge is -2.39. The minimum atomic E-state index is -1.03. The highest BCUT2D eigenvalue weighted by molar-refractivity contribution is 6.07. The lowest BCUT2D eigenvalue weighted by Crippen LogP contribution is -2.68. The summed E-state index contributed by atoms with van der Waals surface area (Å²) in [5.74, 6) is -2.10. The molecule has 142 valence electrons. The Balaban J connectivity index is 2.23. The van der Waals surface area contributed by atoms with Crippen LogP contribution >= 0.6 is 0 Å². The van der Waals surface area contributed by atoms with E-state index in [0.717, 1.165) is 37.8 Å². The molecule has 2 N–H and O–H groups in total. The molecule has 2 bridgehead atoms. The third-order valence-electron chi connectivity index (χ3n) is 4.08. The maximum Gasteiger partial charge on any atom is 0.331 e. The number of carbonyl (C=O) groups excluding carboxylic acids is 4. The normalized spacial score (nSPS) is 24.4. The number of esters is 2. The molecule has 0 aromatic carbocycles. The van der Waals surface area contributed by atoms with Gasteiger partial charge in [0.1, 0.15) is 12.1 Å². The quantitative estimate of drug-likeness (QED) is 0.369. The van der Waals surface area contributed by atoms with E-state index in [-0.39, 0.29) is 24.4 Å². The Morgan fingerprint density at radius 2 is 1.23 bits per heavy atom. The second-order valence-corrected chi connectivity index (χ2v) is 6.12. The van der Waals surface area contributed by atoms with Crippen LogP contribution < -0.4 is 10.6 Å². The van der Waals surface area contributed by atoms with Crippen LogP contribution in [0, 0.1) is 0 Å². The summed E-state index contributed by atoms with van der Waals surface area (Å²) >= 11 is 0. The van der Waals surface area contributed by atoms with Gasteiger partial charge in [-0.05, 0) is 24.0 Å². The molecule has 3 aliphatic heterocycles. The van der Waals surface area contributed by atoms with Crippen LogP contribution in [0.3, 0.4) is 0 Å². The van der Waals surface area contributed by atoms with Gasteiger partial charge in [0.15, 0.2) is 0 Å². The standard InChI is InChI=1S/C18H24N2O6/c1-3-5-7-25-13(21)9-11-12(10-14(22)26-8-6-4-2)16-18(24)19-15(11)17(23)20-16/h9-10,15-16H,3-8H2,1-2H3,(H,19,24)(H,20,23)/b11-9-,12-10-. The Kier molecular flexibility index (Phi) is 6.94. The minimum Gasteiger partial charge on any atom is -0.463 e. The van der Waals surface area contributed by atoms with Crippen molar-refractivity contribution in [3.63, 3.8) is 0 Å². The van der Waals surface area contributed by atoms with Gasteiger partial charge in [-0.15, -0.1) is 0 Å². The van der Waals surface area contributed by atoms with E-state index in [4.69, 9.17) is 9.47 Å². The molecule has 3 fully saturated rings. The summed E-state index contributed by atoms with van der Waals surface area (Å²) in [7, 11) is 0. The molecular formula is C18H24N2O6. The number of hydrogen-bond acceptors (Lipinski definition) is 6. The third kappa shape index (κ3) is 4.71. The zero-order valence-corrected chi connectivity index (χ0v) is 15.0. The average Bonchev–Trinajstić information content (AvgIpc) is 2.59. The molecule has 0 saturated carbocycles. The molecule has 0 aromatic heterocycles. The molecule has 3 aliphatic rings. The number of ether oxygens (including phenoxy) is 2. The van der Waals surface area contributed by atoms with Gasteiger partial charge in [0.25, 0.3) is 0 Å². The van der Waals surface area contributed by atoms with Gasteiger partial charge in [0.05, 0.1) is 13.2 Å². The number of piperidine rings is 2. The van der Waals surface area contributed by atoms with Crippen molar-refractivity contribution in [3.8, 4) is 0 Å². The van der Waals surface area contributed by atoms with Crippen molar-refractivity contribution < 1.29 is 28.7 Å². The lowest BCUT2D eigenvalue weighted by molar-refractivity contribution is -0.139. The summed E-state index contributed by atoms with van der Waals surface area (Å²) in [5.41, 5.74) is 0.513. The predicted molar refractivity (Wildman–Crippen MR) is 91.8 cm³/mol. The molecule has 0 spiro atoms. The summed E-state index contributed by atoms with van der Waals surface area (Å²) in [6.07, 6.45) is 5.53. The Bertz CT molecular complexity index is 596. The van der Waals surface area contributed by atoms with Gasteiger partial charge in [-0.1, -0.05) is 26.7 Å². The number of carbonyl (C=O) groups is 4. The van der Waals surface area contributed by atoms with Gasteiger partial charge >= 0.3 is 11.9 Å². The van der Waals surface area contributed by atoms with Gasteiger partial charge in [0, 0.05) is 12.2 Å². The maximum absolute atomic E-state index is 12.0. The van der Waals surface area contributed by atoms with E-state index in [0.29, 0.717) is 0 Å². The van der Waals surface area contributed by atoms with Crippen molar-refractivity contribution in [1.82, 2.24) is 10.6 Å². The Morgan fingerprint density at radius 1 is 0.846 bits per heavy atom. The fourth-order valence-corrected chi connectivity index (χ4v) is 2.66. The van der Waals surface area contributed by atoms with Crippen molar-refractivity contribution in [3.05, 3.63) is 23.3 Å². The van der Waals surface area contributed by atoms with Gasteiger partial charge in [-0.3, -0.25) is 9.59 Å². The van der Waals surface area contributed by atoms with Crippen LogP contribution in [-0.4, -0.2) is 49.1 Å². The molecule has 0 aromatic rings. The van der Waals surface area contributed by atoms with E-state index in [1.165, 1.54) is 0 Å². The average molecular weight is 364 g/mol. The van der Waals surface area contributed by atoms with Crippen LogP contribution in [0.2, 0.25) is 0 Å². The predicted octanol–water partition coefficient (Wildman–Crippen LogP) is 0.523. The summed E-state index contributed by atoms with van der Waals surface area (Å²) in [6.45, 7) is 4.47. The van der Waals surface area contributed by atoms with Crippen LogP contribution in [0.25, 0.3) is 0 Å². The number of rotatable bonds is 8. The molecule has 3 saturated heterocycles. The van der Waals surface area contributed by atoms with Crippen LogP contribution in [0.4, 0.5) is 0 Å². The Morgan fingerprint density at radius 3 is 1.58 bits per heavy atom. The lowest BCUT2D eigenvalue weighted by atomic mass is 9.82. The fourth-order valence-electron chi connectivity index (χ4n) is 2.66. The second-order valence-electron chi connectivity index (χ2n) is 6.12. The first kappa shape index (κ1) is 19.7. The first-order chi connectivity index (χ1) is 12.5. The fraction of sp³-hybridized carbons (Fsp3) is 0.556. The monoisotopic (exact) mass is 364 g/mol. The van der Waals surface area contributed by atoms with Crippen LogP contribution in [0.5, 0.6) is 0 Å². The van der Waals surface area contributed by atoms with Crippen molar-refractivity contribution in [2.45, 2.75) is 51.6 Å². The molecule has 2 atom stereocenters. The number of hydrogen-bond donors (Lipinski definition) is 2. The van der Waals surface area contributed by atoms with E-state index in [9.17, 15) is 19.2 Å². The molecule has 2 amide bonds. The number of unbranched alkanes of at least 4 members (excludes halogenated alkanes) is 2. The van der Waals surface area contributed by atoms with E-state index >= 15 is 0 Å². The molecule has 8 heteroatoms. The molecular weight excluding hydrogens is 340 g/mol. The second kappa shape index (κ2) is 9.17. The number of nitrogens with one attached hydrogen (secondary N) is 2. The SMILES string of the molecule is CCCCOC(=O)/C=C1/C(=C/C(=O)OCCCC)C2NC(=O)C1NC2=O. The Hall–Kier alpha value is -2.64. The van der Waals surface area contributed by atoms with Crippen LogP contribution in [0.15, 0.2) is 23.3 Å². The summed E-state index contributed by atoms with van der Waals surface area (Å²) in [6, 6.07) is -2.05. The first-order valence-corrected chi connectivity index (χ1v) is 8.85. The number of piperazine rings is 1. The van der Waals surface area contributed by atoms with Crippen molar-refractivity contribution in [2.24, 2.45) is 0 Å². The highest BCUT2D eigenvalue weighted by Crippen LogP contribution is 2.28. The van der Waals surface area contributed by atoms with Gasteiger partial charge in [0.2, 0.25) is 11.8 Å². The van der Waals surface area contributed by atoms with Crippen LogP contribution in [0.1, 0.15) is 39.5 Å². The van der Waals surface area contributed by atoms with E-state index in [1.807, 2.05) is 13.8 Å². The molecule has 2 unspecified atom stereocenters. The summed E-state index contributed by atoms with van der Waals surface area (Å²) < 4.78 is 10.2. The zero-order chi connectivity index (χ0) is 19.1. The number of amides is 2. The zero-order valence-electron chi connectivity index (χ0n) is 15.0. The van der Waals surface area contributed by atoms with Gasteiger partial charge < -0.3 is 20.1 Å². The molecule has 0 radical (unpaired) electrons. The maximum atomic E-state index is 12.0. The molecule has 0 aliphatic carbocycles. The van der Waals surface area contributed by atoms with E-state index in [1.54, 1.807) is 0 Å². The van der Waals surface area contributed by atoms with Crippen molar-refractivity contribution >= 4 is 23.8 Å². The van der Waals surface area contributed by atoms with Crippen molar-refractivity contribution in [2.75, 3.05) is 13.2 Å². The third-order valence-corrected chi connectivity index (χ3v) is 4.08.